The van der Waals surface area contributed by atoms with Gasteiger partial charge in [-0.3, -0.25) is 14.3 Å². The first kappa shape index (κ1) is 17.8. The highest BCUT2D eigenvalue weighted by Gasteiger charge is 2.28. The molecule has 0 aromatic carbocycles. The van der Waals surface area contributed by atoms with Crippen LogP contribution in [-0.4, -0.2) is 70.1 Å². The van der Waals surface area contributed by atoms with E-state index < -0.39 is 0 Å². The number of carbonyl (C=O) groups excluding carboxylic acids is 2. The van der Waals surface area contributed by atoms with E-state index in [1.807, 2.05) is 11.8 Å². The van der Waals surface area contributed by atoms with Crippen molar-refractivity contribution < 1.29 is 14.7 Å². The lowest BCUT2D eigenvalue weighted by atomic mass is 10.2. The second-order valence-corrected chi connectivity index (χ2v) is 5.77. The van der Waals surface area contributed by atoms with Gasteiger partial charge in [-0.1, -0.05) is 6.92 Å². The van der Waals surface area contributed by atoms with E-state index in [4.69, 9.17) is 0 Å². The van der Waals surface area contributed by atoms with Crippen molar-refractivity contribution in [1.29, 1.82) is 0 Å². The molecular formula is C16H25N5O3. The predicted molar refractivity (Wildman–Crippen MR) is 89.5 cm³/mol. The van der Waals surface area contributed by atoms with Crippen molar-refractivity contribution in [3.8, 4) is 5.75 Å². The highest BCUT2D eigenvalue weighted by molar-refractivity contribution is 5.95. The van der Waals surface area contributed by atoms with E-state index in [1.165, 1.54) is 4.68 Å². The molecule has 1 aromatic rings. The second kappa shape index (κ2) is 7.37. The molecule has 0 unspecified atom stereocenters. The van der Waals surface area contributed by atoms with Crippen LogP contribution in [0.4, 0.5) is 0 Å². The van der Waals surface area contributed by atoms with E-state index in [9.17, 15) is 14.7 Å². The van der Waals surface area contributed by atoms with Crippen molar-refractivity contribution in [2.75, 3.05) is 33.2 Å². The van der Waals surface area contributed by atoms with Crippen molar-refractivity contribution in [2.24, 2.45) is 7.05 Å². The normalized spacial score (nSPS) is 16.0. The fraction of sp³-hybridized carbons (Fsp3) is 0.562. The number of allylic oxidation sites excluding steroid dienone is 2. The average molecular weight is 335 g/mol. The summed E-state index contributed by atoms with van der Waals surface area (Å²) in [7, 11) is 3.49. The molecule has 1 fully saturated rings. The zero-order chi connectivity index (χ0) is 17.9. The molecule has 0 atom stereocenters. The first-order chi connectivity index (χ1) is 11.4. The summed E-state index contributed by atoms with van der Waals surface area (Å²) in [5.41, 5.74) is 2.18. The third-order valence-corrected chi connectivity index (χ3v) is 4.49. The summed E-state index contributed by atoms with van der Waals surface area (Å²) in [6.07, 6.45) is 1.60. The lowest BCUT2D eigenvalue weighted by Gasteiger charge is -2.36. The molecule has 2 N–H and O–H groups in total. The number of piperazine rings is 1. The Morgan fingerprint density at radius 2 is 1.88 bits per heavy atom. The van der Waals surface area contributed by atoms with Gasteiger partial charge in [-0.2, -0.15) is 5.10 Å². The Hall–Kier alpha value is -2.51. The van der Waals surface area contributed by atoms with E-state index in [0.717, 1.165) is 18.4 Å². The first-order valence-corrected chi connectivity index (χ1v) is 8.07. The van der Waals surface area contributed by atoms with E-state index in [1.54, 1.807) is 25.9 Å². The molecule has 1 saturated heterocycles. The van der Waals surface area contributed by atoms with Gasteiger partial charge in [0.15, 0.2) is 17.7 Å². The first-order valence-electron chi connectivity index (χ1n) is 8.07. The van der Waals surface area contributed by atoms with Crippen LogP contribution in [0.5, 0.6) is 5.75 Å². The lowest BCUT2D eigenvalue weighted by molar-refractivity contribution is -0.106. The number of rotatable bonds is 5. The van der Waals surface area contributed by atoms with Crippen LogP contribution >= 0.6 is 0 Å². The zero-order valence-corrected chi connectivity index (χ0v) is 14.7. The largest absolute Gasteiger partial charge is 0.504 e. The number of hydrogen-bond donors (Lipinski definition) is 2. The fourth-order valence-corrected chi connectivity index (χ4v) is 2.86. The highest BCUT2D eigenvalue weighted by atomic mass is 16.3. The molecule has 132 valence electrons. The maximum absolute atomic E-state index is 12.6. The van der Waals surface area contributed by atoms with Crippen molar-refractivity contribution in [1.82, 2.24) is 24.9 Å². The van der Waals surface area contributed by atoms with Gasteiger partial charge in [-0.05, 0) is 13.3 Å². The number of aryl methyl sites for hydroxylation is 1. The number of nitrogens with one attached hydrogen (secondary N) is 1. The molecule has 0 bridgehead atoms. The number of nitrogens with zero attached hydrogens (tertiary/aromatic N) is 4. The fourth-order valence-electron chi connectivity index (χ4n) is 2.86. The van der Waals surface area contributed by atoms with Crippen LogP contribution in [0.1, 0.15) is 29.5 Å². The van der Waals surface area contributed by atoms with Gasteiger partial charge in [0.25, 0.3) is 5.91 Å². The van der Waals surface area contributed by atoms with E-state index in [-0.39, 0.29) is 17.4 Å². The molecule has 8 heteroatoms. The zero-order valence-electron chi connectivity index (χ0n) is 14.7. The summed E-state index contributed by atoms with van der Waals surface area (Å²) < 4.78 is 1.49. The van der Waals surface area contributed by atoms with E-state index in [0.29, 0.717) is 37.6 Å². The number of aromatic hydroxyl groups is 1. The Labute approximate surface area is 141 Å². The molecule has 0 radical (unpaired) electrons. The van der Waals surface area contributed by atoms with Crippen LogP contribution in [0.2, 0.25) is 0 Å². The number of amides is 1. The quantitative estimate of drug-likeness (QED) is 0.591. The number of aldehydes is 1. The maximum Gasteiger partial charge on any atom is 0.278 e. The second-order valence-electron chi connectivity index (χ2n) is 5.77. The van der Waals surface area contributed by atoms with Gasteiger partial charge in [-0.25, -0.2) is 0 Å². The third kappa shape index (κ3) is 3.22. The summed E-state index contributed by atoms with van der Waals surface area (Å²) in [6.45, 7) is 5.79. The molecule has 1 aliphatic heterocycles. The van der Waals surface area contributed by atoms with Crippen molar-refractivity contribution in [2.45, 2.75) is 20.3 Å². The Balaban J connectivity index is 2.09. The van der Waals surface area contributed by atoms with E-state index in [2.05, 4.69) is 10.4 Å². The summed E-state index contributed by atoms with van der Waals surface area (Å²) in [4.78, 5) is 27.6. The van der Waals surface area contributed by atoms with Crippen LogP contribution in [0.3, 0.4) is 0 Å². The van der Waals surface area contributed by atoms with Crippen LogP contribution in [-0.2, 0) is 11.8 Å². The standard InChI is InChI=1S/C16H25N5O3/c1-5-12(17-3)13(10-22)20-6-8-21(9-7-20)16(24)14-15(23)11(2)19(4)18-14/h10,17,23H,5-9H2,1-4H3/b13-12+. The van der Waals surface area contributed by atoms with Gasteiger partial charge in [-0.15, -0.1) is 0 Å². The minimum absolute atomic E-state index is 0.0677. The number of hydrogen-bond acceptors (Lipinski definition) is 6. The Kier molecular flexibility index (Phi) is 5.48. The number of aromatic nitrogens is 2. The third-order valence-electron chi connectivity index (χ3n) is 4.49. The van der Waals surface area contributed by atoms with Crippen LogP contribution in [0, 0.1) is 6.92 Å². The average Bonchev–Trinajstić information content (AvgIpc) is 2.86. The maximum atomic E-state index is 12.6. The van der Waals surface area contributed by atoms with Crippen molar-refractivity contribution in [3.05, 3.63) is 22.8 Å². The Morgan fingerprint density at radius 3 is 2.29 bits per heavy atom. The minimum Gasteiger partial charge on any atom is -0.504 e. The molecule has 24 heavy (non-hydrogen) atoms. The monoisotopic (exact) mass is 335 g/mol. The molecule has 2 rings (SSSR count). The van der Waals surface area contributed by atoms with Crippen molar-refractivity contribution >= 4 is 12.2 Å². The SMILES string of the molecule is CC/C(NC)=C(/C=O)N1CCN(C(=O)c2nn(C)c(C)c2O)CC1. The van der Waals surface area contributed by atoms with Gasteiger partial charge in [0.05, 0.1) is 11.4 Å². The number of carbonyl (C=O) groups is 2. The van der Waals surface area contributed by atoms with Crippen LogP contribution in [0.15, 0.2) is 11.4 Å². The molecule has 2 heterocycles. The van der Waals surface area contributed by atoms with Crippen LogP contribution in [0.25, 0.3) is 0 Å². The summed E-state index contributed by atoms with van der Waals surface area (Å²) in [5.74, 6) is -0.348. The van der Waals surface area contributed by atoms with Gasteiger partial charge in [0, 0.05) is 46.0 Å². The summed E-state index contributed by atoms with van der Waals surface area (Å²) in [6, 6.07) is 0. The predicted octanol–water partition coefficient (Wildman–Crippen LogP) is 0.232. The topological polar surface area (TPSA) is 90.7 Å². The van der Waals surface area contributed by atoms with Gasteiger partial charge < -0.3 is 20.2 Å². The lowest BCUT2D eigenvalue weighted by Crippen LogP contribution is -2.49. The van der Waals surface area contributed by atoms with Crippen LogP contribution < -0.4 is 5.32 Å². The molecule has 0 spiro atoms. The van der Waals surface area contributed by atoms with Crippen molar-refractivity contribution in [3.63, 3.8) is 0 Å². The minimum atomic E-state index is -0.281. The van der Waals surface area contributed by atoms with Gasteiger partial charge in [0.1, 0.15) is 0 Å². The molecule has 0 aliphatic carbocycles. The smallest absolute Gasteiger partial charge is 0.278 e. The summed E-state index contributed by atoms with van der Waals surface area (Å²) >= 11 is 0. The molecule has 1 aromatic heterocycles. The summed E-state index contributed by atoms with van der Waals surface area (Å²) in [5, 5.41) is 17.2. The van der Waals surface area contributed by atoms with E-state index >= 15 is 0 Å². The Bertz CT molecular complexity index is 651. The molecular weight excluding hydrogens is 310 g/mol. The molecule has 8 nitrogen and oxygen atoms in total. The molecule has 1 amide bonds. The molecule has 0 saturated carbocycles. The highest BCUT2D eigenvalue weighted by Crippen LogP contribution is 2.23. The molecule has 1 aliphatic rings. The van der Waals surface area contributed by atoms with Gasteiger partial charge >= 0.3 is 0 Å². The Morgan fingerprint density at radius 1 is 1.29 bits per heavy atom. The van der Waals surface area contributed by atoms with Gasteiger partial charge in [0.2, 0.25) is 0 Å².